The number of hydrogen-bond acceptors (Lipinski definition) is 5. The highest BCUT2D eigenvalue weighted by molar-refractivity contribution is 8.00. The van der Waals surface area contributed by atoms with Crippen molar-refractivity contribution in [3.63, 3.8) is 0 Å². The molecule has 4 nitrogen and oxygen atoms in total. The van der Waals surface area contributed by atoms with Crippen molar-refractivity contribution in [2.45, 2.75) is 10.1 Å². The fourth-order valence-electron chi connectivity index (χ4n) is 2.83. The van der Waals surface area contributed by atoms with Gasteiger partial charge in [0.25, 0.3) is 0 Å². The third-order valence-corrected chi connectivity index (χ3v) is 6.83. The lowest BCUT2D eigenvalue weighted by molar-refractivity contribution is -0.111. The van der Waals surface area contributed by atoms with Gasteiger partial charge in [-0.1, -0.05) is 94.8 Å². The normalized spacial score (nSPS) is 11.3. The molecule has 0 aliphatic heterocycles. The van der Waals surface area contributed by atoms with E-state index in [1.807, 2.05) is 12.1 Å². The lowest BCUT2D eigenvalue weighted by Gasteiger charge is -2.04. The fourth-order valence-corrected chi connectivity index (χ4v) is 5.06. The molecule has 0 saturated heterocycles. The minimum Gasteiger partial charge on any atom is -0.297 e. The molecule has 1 heterocycles. The summed E-state index contributed by atoms with van der Waals surface area (Å²) in [6.45, 7) is 0. The molecule has 0 aliphatic carbocycles. The Hall–Kier alpha value is -2.38. The van der Waals surface area contributed by atoms with Crippen molar-refractivity contribution in [2.24, 2.45) is 0 Å². The Morgan fingerprint density at radius 1 is 1.07 bits per heavy atom. The van der Waals surface area contributed by atoms with Crippen molar-refractivity contribution in [1.82, 2.24) is 10.2 Å². The second kappa shape index (κ2) is 9.62. The first-order valence-electron chi connectivity index (χ1n) is 8.95. The van der Waals surface area contributed by atoms with E-state index in [2.05, 4.69) is 45.8 Å². The fraction of sp³-hybridized carbons (Fsp3) is 0.0455. The van der Waals surface area contributed by atoms with Crippen LogP contribution in [0.5, 0.6) is 0 Å². The maximum atomic E-state index is 12.2. The van der Waals surface area contributed by atoms with Gasteiger partial charge in [-0.25, -0.2) is 0 Å². The zero-order valence-corrected chi connectivity index (χ0v) is 18.7. The van der Waals surface area contributed by atoms with Crippen LogP contribution >= 0.6 is 46.3 Å². The van der Waals surface area contributed by atoms with Crippen molar-refractivity contribution in [3.05, 3.63) is 87.9 Å². The van der Waals surface area contributed by atoms with E-state index < -0.39 is 0 Å². The van der Waals surface area contributed by atoms with Crippen LogP contribution in [0.3, 0.4) is 0 Å². The highest BCUT2D eigenvalue weighted by Crippen LogP contribution is 2.31. The van der Waals surface area contributed by atoms with E-state index in [1.54, 1.807) is 36.0 Å². The summed E-state index contributed by atoms with van der Waals surface area (Å²) in [5.74, 6) is 0.474. The number of rotatable bonds is 6. The first kappa shape index (κ1) is 20.9. The molecule has 0 unspecified atom stereocenters. The number of carbonyl (C=O) groups is 1. The van der Waals surface area contributed by atoms with E-state index in [1.165, 1.54) is 33.7 Å². The summed E-state index contributed by atoms with van der Waals surface area (Å²) < 4.78 is 0.794. The van der Waals surface area contributed by atoms with Crippen molar-refractivity contribution >= 4 is 74.2 Å². The summed E-state index contributed by atoms with van der Waals surface area (Å²) in [6, 6.07) is 19.7. The van der Waals surface area contributed by atoms with Gasteiger partial charge in [0.2, 0.25) is 11.0 Å². The van der Waals surface area contributed by atoms with Crippen LogP contribution in [0.2, 0.25) is 10.0 Å². The molecule has 150 valence electrons. The molecule has 0 fully saturated rings. The van der Waals surface area contributed by atoms with Gasteiger partial charge in [0.15, 0.2) is 4.34 Å². The van der Waals surface area contributed by atoms with E-state index in [-0.39, 0.29) is 5.91 Å². The maximum absolute atomic E-state index is 12.2. The first-order valence-corrected chi connectivity index (χ1v) is 11.5. The highest BCUT2D eigenvalue weighted by atomic mass is 35.5. The van der Waals surface area contributed by atoms with Crippen LogP contribution in [0, 0.1) is 0 Å². The number of carbonyl (C=O) groups excluding carboxylic acids is 1. The van der Waals surface area contributed by atoms with E-state index >= 15 is 0 Å². The third kappa shape index (κ3) is 5.21. The summed E-state index contributed by atoms with van der Waals surface area (Å²) in [5.41, 5.74) is 1.95. The summed E-state index contributed by atoms with van der Waals surface area (Å²) in [5, 5.41) is 14.9. The van der Waals surface area contributed by atoms with Gasteiger partial charge < -0.3 is 0 Å². The summed E-state index contributed by atoms with van der Waals surface area (Å²) >= 11 is 14.9. The molecule has 0 bridgehead atoms. The lowest BCUT2D eigenvalue weighted by atomic mass is 10.1. The van der Waals surface area contributed by atoms with Gasteiger partial charge in [0, 0.05) is 21.9 Å². The number of anilines is 1. The number of nitrogens with zero attached hydrogens (tertiary/aromatic N) is 2. The lowest BCUT2D eigenvalue weighted by Crippen LogP contribution is -2.07. The molecule has 3 aromatic carbocycles. The zero-order chi connectivity index (χ0) is 20.9. The predicted octanol–water partition coefficient (Wildman–Crippen LogP) is 6.94. The van der Waals surface area contributed by atoms with E-state index in [9.17, 15) is 4.79 Å². The van der Waals surface area contributed by atoms with Gasteiger partial charge in [-0.15, -0.1) is 10.2 Å². The smallest absolute Gasteiger partial charge is 0.250 e. The molecule has 0 saturated carbocycles. The van der Waals surface area contributed by atoms with E-state index in [4.69, 9.17) is 23.2 Å². The Bertz CT molecular complexity index is 1230. The molecule has 30 heavy (non-hydrogen) atoms. The number of amides is 1. The predicted molar refractivity (Wildman–Crippen MR) is 128 cm³/mol. The van der Waals surface area contributed by atoms with Crippen LogP contribution in [0.15, 0.2) is 71.1 Å². The molecule has 4 aromatic rings. The van der Waals surface area contributed by atoms with Crippen LogP contribution in [-0.2, 0) is 10.5 Å². The number of hydrogen-bond donors (Lipinski definition) is 1. The number of fused-ring (bicyclic) bond motifs is 1. The van der Waals surface area contributed by atoms with Gasteiger partial charge >= 0.3 is 0 Å². The summed E-state index contributed by atoms with van der Waals surface area (Å²) in [4.78, 5) is 12.2. The minimum atomic E-state index is -0.303. The van der Waals surface area contributed by atoms with Crippen LogP contribution in [-0.4, -0.2) is 16.1 Å². The quantitative estimate of drug-likeness (QED) is 0.188. The molecule has 1 N–H and O–H groups in total. The molecule has 4 rings (SSSR count). The Morgan fingerprint density at radius 2 is 1.90 bits per heavy atom. The number of nitrogens with one attached hydrogen (secondary N) is 1. The average Bonchev–Trinajstić information content (AvgIpc) is 3.18. The van der Waals surface area contributed by atoms with Crippen molar-refractivity contribution < 1.29 is 4.79 Å². The molecular formula is C22H15Cl2N3OS2. The first-order chi connectivity index (χ1) is 14.6. The molecule has 0 atom stereocenters. The average molecular weight is 472 g/mol. The van der Waals surface area contributed by atoms with Crippen LogP contribution in [0.1, 0.15) is 11.1 Å². The van der Waals surface area contributed by atoms with Crippen molar-refractivity contribution in [3.8, 4) is 0 Å². The second-order valence-corrected chi connectivity index (χ2v) is 9.33. The Labute approximate surface area is 191 Å². The number of benzene rings is 3. The molecule has 1 amide bonds. The molecule has 0 aliphatic rings. The molecular weight excluding hydrogens is 457 g/mol. The Balaban J connectivity index is 1.37. The monoisotopic (exact) mass is 471 g/mol. The highest BCUT2D eigenvalue weighted by Gasteiger charge is 2.09. The summed E-state index contributed by atoms with van der Waals surface area (Å²) in [6.07, 6.45) is 3.03. The summed E-state index contributed by atoms with van der Waals surface area (Å²) in [7, 11) is 0. The Morgan fingerprint density at radius 3 is 2.77 bits per heavy atom. The van der Waals surface area contributed by atoms with Gasteiger partial charge in [0.1, 0.15) is 0 Å². The topological polar surface area (TPSA) is 54.9 Å². The molecule has 8 heteroatoms. The standard InChI is InChI=1S/C22H15Cl2N3OS2/c23-17-10-8-15(19(24)12-17)9-11-20(28)25-21-26-27-22(30-21)29-13-16-6-3-5-14-4-1-2-7-18(14)16/h1-12H,13H2,(H,25,26,28). The van der Waals surface area contributed by atoms with Crippen LogP contribution in [0.4, 0.5) is 5.13 Å². The van der Waals surface area contributed by atoms with E-state index in [0.717, 1.165) is 10.1 Å². The largest absolute Gasteiger partial charge is 0.297 e. The zero-order valence-electron chi connectivity index (χ0n) is 15.5. The maximum Gasteiger partial charge on any atom is 0.250 e. The molecule has 0 radical (unpaired) electrons. The van der Waals surface area contributed by atoms with Gasteiger partial charge in [-0.2, -0.15) is 0 Å². The Kier molecular flexibility index (Phi) is 6.69. The second-order valence-electron chi connectivity index (χ2n) is 6.29. The molecule has 1 aromatic heterocycles. The SMILES string of the molecule is O=C(C=Cc1ccc(Cl)cc1Cl)Nc1nnc(SCc2cccc3ccccc23)s1. The number of aromatic nitrogens is 2. The van der Waals surface area contributed by atoms with Crippen LogP contribution in [0.25, 0.3) is 16.8 Å². The van der Waals surface area contributed by atoms with Crippen molar-refractivity contribution in [1.29, 1.82) is 0 Å². The van der Waals surface area contributed by atoms with Gasteiger partial charge in [-0.3, -0.25) is 10.1 Å². The molecule has 0 spiro atoms. The minimum absolute atomic E-state index is 0.303. The van der Waals surface area contributed by atoms with Crippen molar-refractivity contribution in [2.75, 3.05) is 5.32 Å². The van der Waals surface area contributed by atoms with Crippen LogP contribution < -0.4 is 5.32 Å². The number of thioether (sulfide) groups is 1. The third-order valence-electron chi connectivity index (χ3n) is 4.24. The number of halogens is 2. The van der Waals surface area contributed by atoms with Gasteiger partial charge in [-0.05, 0) is 40.1 Å². The van der Waals surface area contributed by atoms with E-state index in [0.29, 0.717) is 20.7 Å². The van der Waals surface area contributed by atoms with Gasteiger partial charge in [0.05, 0.1) is 0 Å².